The van der Waals surface area contributed by atoms with Gasteiger partial charge in [0.05, 0.1) is 18.1 Å². The highest BCUT2D eigenvalue weighted by molar-refractivity contribution is 7.92. The maximum atomic E-state index is 13.6. The highest BCUT2D eigenvalue weighted by atomic mass is 35.5. The van der Waals surface area contributed by atoms with E-state index in [0.29, 0.717) is 0 Å². The van der Waals surface area contributed by atoms with E-state index in [2.05, 4.69) is 9.97 Å². The number of hydrogen-bond acceptors (Lipinski definition) is 5. The molecule has 0 atom stereocenters. The number of halogens is 2. The van der Waals surface area contributed by atoms with Crippen LogP contribution in [0.2, 0.25) is 5.28 Å². The van der Waals surface area contributed by atoms with Crippen LogP contribution in [-0.2, 0) is 10.0 Å². The van der Waals surface area contributed by atoms with E-state index in [1.54, 1.807) is 0 Å². The zero-order valence-electron chi connectivity index (χ0n) is 10.2. The summed E-state index contributed by atoms with van der Waals surface area (Å²) in [6.45, 7) is 0. The maximum Gasteiger partial charge on any atom is 0.265 e. The molecule has 7 nitrogen and oxygen atoms in total. The van der Waals surface area contributed by atoms with Gasteiger partial charge in [-0.15, -0.1) is 0 Å². The average Bonchev–Trinajstić information content (AvgIpc) is 2.41. The number of primary amides is 1. The SMILES string of the molecule is NC(=O)c1ccc(F)c(NS(=O)(=O)c2cnc(Cl)nc2)c1. The van der Waals surface area contributed by atoms with Gasteiger partial charge in [-0.3, -0.25) is 9.52 Å². The quantitative estimate of drug-likeness (QED) is 0.816. The molecule has 0 saturated carbocycles. The van der Waals surface area contributed by atoms with Crippen LogP contribution in [0.1, 0.15) is 10.4 Å². The molecule has 0 aliphatic rings. The van der Waals surface area contributed by atoms with Gasteiger partial charge in [-0.2, -0.15) is 0 Å². The molecule has 0 radical (unpaired) electrons. The van der Waals surface area contributed by atoms with Crippen LogP contribution in [0.4, 0.5) is 10.1 Å². The number of anilines is 1. The van der Waals surface area contributed by atoms with Crippen LogP contribution >= 0.6 is 11.6 Å². The number of benzene rings is 1. The minimum atomic E-state index is -4.12. The highest BCUT2D eigenvalue weighted by Gasteiger charge is 2.18. The van der Waals surface area contributed by atoms with Crippen molar-refractivity contribution in [3.63, 3.8) is 0 Å². The van der Waals surface area contributed by atoms with Gasteiger partial charge in [0.1, 0.15) is 10.7 Å². The summed E-state index contributed by atoms with van der Waals surface area (Å²) in [6.07, 6.45) is 1.93. The van der Waals surface area contributed by atoms with Gasteiger partial charge in [0.25, 0.3) is 10.0 Å². The molecule has 0 spiro atoms. The summed E-state index contributed by atoms with van der Waals surface area (Å²) in [7, 11) is -4.12. The molecule has 0 aliphatic carbocycles. The van der Waals surface area contributed by atoms with Crippen molar-refractivity contribution < 1.29 is 17.6 Å². The number of nitrogens with one attached hydrogen (secondary N) is 1. The van der Waals surface area contributed by atoms with Crippen LogP contribution in [-0.4, -0.2) is 24.3 Å². The predicted octanol–water partition coefficient (Wildman–Crippen LogP) is 1.17. The van der Waals surface area contributed by atoms with Gasteiger partial charge >= 0.3 is 0 Å². The van der Waals surface area contributed by atoms with Crippen molar-refractivity contribution in [2.24, 2.45) is 5.73 Å². The fourth-order valence-electron chi connectivity index (χ4n) is 1.40. The third kappa shape index (κ3) is 3.44. The Morgan fingerprint density at radius 3 is 2.48 bits per heavy atom. The molecule has 0 unspecified atom stereocenters. The van der Waals surface area contributed by atoms with E-state index >= 15 is 0 Å². The van der Waals surface area contributed by atoms with Gasteiger partial charge in [-0.25, -0.2) is 22.8 Å². The number of carbonyl (C=O) groups is 1. The Morgan fingerprint density at radius 1 is 1.29 bits per heavy atom. The Bertz CT molecular complexity index is 796. The first-order valence-electron chi connectivity index (χ1n) is 5.39. The molecule has 1 heterocycles. The summed E-state index contributed by atoms with van der Waals surface area (Å²) < 4.78 is 39.7. The van der Waals surface area contributed by atoms with Crippen molar-refractivity contribution in [3.05, 3.63) is 47.3 Å². The molecule has 0 bridgehead atoms. The lowest BCUT2D eigenvalue weighted by molar-refractivity contribution is 0.100. The zero-order chi connectivity index (χ0) is 15.6. The predicted molar refractivity (Wildman–Crippen MR) is 72.8 cm³/mol. The number of nitrogens with zero attached hydrogens (tertiary/aromatic N) is 2. The molecule has 1 aromatic carbocycles. The average molecular weight is 331 g/mol. The minimum Gasteiger partial charge on any atom is -0.366 e. The molecular formula is C11H8ClFN4O3S. The van der Waals surface area contributed by atoms with E-state index in [9.17, 15) is 17.6 Å². The number of carbonyl (C=O) groups excluding carboxylic acids is 1. The molecule has 10 heteroatoms. The van der Waals surface area contributed by atoms with Crippen molar-refractivity contribution in [1.29, 1.82) is 0 Å². The molecule has 1 amide bonds. The molecule has 110 valence electrons. The number of sulfonamides is 1. The third-order valence-electron chi connectivity index (χ3n) is 2.40. The molecular weight excluding hydrogens is 323 g/mol. The lowest BCUT2D eigenvalue weighted by Gasteiger charge is -2.09. The number of aromatic nitrogens is 2. The maximum absolute atomic E-state index is 13.6. The molecule has 21 heavy (non-hydrogen) atoms. The van der Waals surface area contributed by atoms with E-state index in [1.165, 1.54) is 0 Å². The zero-order valence-corrected chi connectivity index (χ0v) is 11.8. The minimum absolute atomic E-state index is 0.0403. The van der Waals surface area contributed by atoms with E-state index in [0.717, 1.165) is 30.6 Å². The van der Waals surface area contributed by atoms with Crippen molar-refractivity contribution >= 4 is 33.2 Å². The van der Waals surface area contributed by atoms with Gasteiger partial charge < -0.3 is 5.73 Å². The Morgan fingerprint density at radius 2 is 1.90 bits per heavy atom. The molecule has 3 N–H and O–H groups in total. The molecule has 2 aromatic rings. The van der Waals surface area contributed by atoms with E-state index < -0.39 is 27.4 Å². The van der Waals surface area contributed by atoms with E-state index in [-0.39, 0.29) is 15.7 Å². The van der Waals surface area contributed by atoms with Crippen LogP contribution < -0.4 is 10.5 Å². The molecule has 0 saturated heterocycles. The van der Waals surface area contributed by atoms with Crippen molar-refractivity contribution in [3.8, 4) is 0 Å². The Labute approximate surface area is 124 Å². The first-order chi connectivity index (χ1) is 9.79. The topological polar surface area (TPSA) is 115 Å². The smallest absolute Gasteiger partial charge is 0.265 e. The summed E-state index contributed by atoms with van der Waals surface area (Å²) >= 11 is 5.45. The molecule has 0 fully saturated rings. The Hall–Kier alpha value is -2.26. The van der Waals surface area contributed by atoms with E-state index in [4.69, 9.17) is 17.3 Å². The Kier molecular flexibility index (Phi) is 4.05. The van der Waals surface area contributed by atoms with Gasteiger partial charge in [0.15, 0.2) is 0 Å². The first-order valence-corrected chi connectivity index (χ1v) is 7.25. The number of nitrogens with two attached hydrogens (primary N) is 1. The Balaban J connectivity index is 2.38. The molecule has 2 rings (SSSR count). The van der Waals surface area contributed by atoms with Crippen LogP contribution in [0.25, 0.3) is 0 Å². The van der Waals surface area contributed by atoms with Gasteiger partial charge in [-0.1, -0.05) is 0 Å². The molecule has 0 aliphatic heterocycles. The van der Waals surface area contributed by atoms with Crippen LogP contribution in [0.15, 0.2) is 35.5 Å². The van der Waals surface area contributed by atoms with Crippen molar-refractivity contribution in [2.75, 3.05) is 4.72 Å². The summed E-state index contributed by atoms with van der Waals surface area (Å²) in [4.78, 5) is 17.8. The monoisotopic (exact) mass is 330 g/mol. The van der Waals surface area contributed by atoms with E-state index in [1.807, 2.05) is 4.72 Å². The van der Waals surface area contributed by atoms with Crippen molar-refractivity contribution in [1.82, 2.24) is 9.97 Å². The molecule has 1 aromatic heterocycles. The number of rotatable bonds is 4. The second-order valence-corrected chi connectivity index (χ2v) is 5.87. The van der Waals surface area contributed by atoms with Crippen LogP contribution in [0.5, 0.6) is 0 Å². The standard InChI is InChI=1S/C11H8ClFN4O3S/c12-11-15-4-7(5-16-11)21(19,20)17-9-3-6(10(14)18)1-2-8(9)13/h1-5,17H,(H2,14,18). The largest absolute Gasteiger partial charge is 0.366 e. The summed E-state index contributed by atoms with van der Waals surface area (Å²) in [5, 5.41) is -0.129. The van der Waals surface area contributed by atoms with Gasteiger partial charge in [0.2, 0.25) is 11.2 Å². The number of amides is 1. The lowest BCUT2D eigenvalue weighted by atomic mass is 10.2. The normalized spacial score (nSPS) is 11.1. The van der Waals surface area contributed by atoms with Crippen LogP contribution in [0.3, 0.4) is 0 Å². The first kappa shape index (κ1) is 15.1. The van der Waals surface area contributed by atoms with Crippen LogP contribution in [0, 0.1) is 5.82 Å². The van der Waals surface area contributed by atoms with Gasteiger partial charge in [0, 0.05) is 5.56 Å². The highest BCUT2D eigenvalue weighted by Crippen LogP contribution is 2.20. The fraction of sp³-hybridized carbons (Fsp3) is 0. The second-order valence-electron chi connectivity index (χ2n) is 3.85. The van der Waals surface area contributed by atoms with Crippen molar-refractivity contribution in [2.45, 2.75) is 4.90 Å². The summed E-state index contributed by atoms with van der Waals surface area (Å²) in [6, 6.07) is 3.06. The lowest BCUT2D eigenvalue weighted by Crippen LogP contribution is -2.16. The summed E-state index contributed by atoms with van der Waals surface area (Å²) in [5.41, 5.74) is 4.60. The fourth-order valence-corrected chi connectivity index (χ4v) is 2.44. The third-order valence-corrected chi connectivity index (χ3v) is 3.92. The summed E-state index contributed by atoms with van der Waals surface area (Å²) in [5.74, 6) is -1.68. The van der Waals surface area contributed by atoms with Gasteiger partial charge in [-0.05, 0) is 29.8 Å². The second kappa shape index (κ2) is 5.62. The number of hydrogen-bond donors (Lipinski definition) is 2.